The maximum atomic E-state index is 2.33. The lowest BCUT2D eigenvalue weighted by atomic mass is 9.93. The topological polar surface area (TPSA) is 0 Å². The molecule has 84 valence electrons. The largest absolute Gasteiger partial charge is 0.156 e. The molecule has 0 saturated heterocycles. The molecule has 0 amide bonds. The molecule has 0 aromatic rings. The molecule has 0 radical (unpaired) electrons. The Balaban J connectivity index is 2.20. The van der Waals surface area contributed by atoms with Crippen LogP contribution in [0.4, 0.5) is 0 Å². The molecule has 0 spiro atoms. The van der Waals surface area contributed by atoms with Crippen LogP contribution in [0.2, 0.25) is 0 Å². The SMILES string of the molecule is CC(C)(C)SCC1CCCCCCC1. The fourth-order valence-corrected chi connectivity index (χ4v) is 3.14. The Morgan fingerprint density at radius 2 is 1.43 bits per heavy atom. The minimum Gasteiger partial charge on any atom is -0.156 e. The average molecular weight is 214 g/mol. The van der Waals surface area contributed by atoms with Gasteiger partial charge in [0.25, 0.3) is 0 Å². The predicted octanol–water partition coefficient (Wildman–Crippen LogP) is 4.88. The zero-order valence-electron chi connectivity index (χ0n) is 10.1. The Morgan fingerprint density at radius 3 is 1.93 bits per heavy atom. The van der Waals surface area contributed by atoms with Crippen LogP contribution in [0.5, 0.6) is 0 Å². The standard InChI is InChI=1S/C13H26S/c1-13(2,3)14-11-12-9-7-5-4-6-8-10-12/h12H,4-11H2,1-3H3. The van der Waals surface area contributed by atoms with Gasteiger partial charge in [0, 0.05) is 4.75 Å². The van der Waals surface area contributed by atoms with Crippen molar-refractivity contribution in [3.63, 3.8) is 0 Å². The van der Waals surface area contributed by atoms with Crippen LogP contribution in [0.15, 0.2) is 0 Å². The lowest BCUT2D eigenvalue weighted by Crippen LogP contribution is -2.14. The fraction of sp³-hybridized carbons (Fsp3) is 1.00. The van der Waals surface area contributed by atoms with Crippen LogP contribution in [0.1, 0.15) is 65.7 Å². The average Bonchev–Trinajstić information content (AvgIpc) is 2.00. The zero-order valence-corrected chi connectivity index (χ0v) is 11.0. The second-order valence-electron chi connectivity index (χ2n) is 5.63. The molecule has 0 aromatic heterocycles. The van der Waals surface area contributed by atoms with E-state index in [0.717, 1.165) is 5.92 Å². The summed E-state index contributed by atoms with van der Waals surface area (Å²) in [4.78, 5) is 0. The van der Waals surface area contributed by atoms with Crippen molar-refractivity contribution >= 4 is 11.8 Å². The van der Waals surface area contributed by atoms with Crippen molar-refractivity contribution < 1.29 is 0 Å². The first kappa shape index (κ1) is 12.4. The van der Waals surface area contributed by atoms with Gasteiger partial charge in [-0.1, -0.05) is 52.9 Å². The Kier molecular flexibility index (Phi) is 5.36. The number of hydrogen-bond acceptors (Lipinski definition) is 1. The van der Waals surface area contributed by atoms with Crippen LogP contribution in [0.25, 0.3) is 0 Å². The van der Waals surface area contributed by atoms with E-state index < -0.39 is 0 Å². The van der Waals surface area contributed by atoms with Crippen LogP contribution in [-0.2, 0) is 0 Å². The summed E-state index contributed by atoms with van der Waals surface area (Å²) >= 11 is 2.16. The van der Waals surface area contributed by atoms with Crippen LogP contribution in [0.3, 0.4) is 0 Å². The second-order valence-corrected chi connectivity index (χ2v) is 7.48. The molecule has 0 nitrogen and oxygen atoms in total. The van der Waals surface area contributed by atoms with E-state index in [1.165, 1.54) is 50.7 Å². The summed E-state index contributed by atoms with van der Waals surface area (Å²) in [6.45, 7) is 7.00. The molecular formula is C13H26S. The Hall–Kier alpha value is 0.350. The smallest absolute Gasteiger partial charge is 0.00751 e. The fourth-order valence-electron chi connectivity index (χ4n) is 2.08. The van der Waals surface area contributed by atoms with Gasteiger partial charge in [-0.25, -0.2) is 0 Å². The molecule has 0 aliphatic heterocycles. The highest BCUT2D eigenvalue weighted by Crippen LogP contribution is 2.30. The predicted molar refractivity (Wildman–Crippen MR) is 68.0 cm³/mol. The van der Waals surface area contributed by atoms with Crippen molar-refractivity contribution in [2.45, 2.75) is 70.5 Å². The van der Waals surface area contributed by atoms with Crippen LogP contribution in [0, 0.1) is 5.92 Å². The summed E-state index contributed by atoms with van der Waals surface area (Å²) in [6.07, 6.45) is 10.4. The van der Waals surface area contributed by atoms with E-state index in [4.69, 9.17) is 0 Å². The molecule has 1 heteroatoms. The quantitative estimate of drug-likeness (QED) is 0.631. The minimum absolute atomic E-state index is 0.461. The van der Waals surface area contributed by atoms with Crippen molar-refractivity contribution in [2.24, 2.45) is 5.92 Å². The van der Waals surface area contributed by atoms with Gasteiger partial charge in [-0.05, 0) is 24.5 Å². The van der Waals surface area contributed by atoms with Crippen molar-refractivity contribution in [2.75, 3.05) is 5.75 Å². The second kappa shape index (κ2) is 6.05. The third kappa shape index (κ3) is 5.95. The van der Waals surface area contributed by atoms with Crippen LogP contribution < -0.4 is 0 Å². The van der Waals surface area contributed by atoms with Crippen molar-refractivity contribution in [1.82, 2.24) is 0 Å². The van der Waals surface area contributed by atoms with E-state index >= 15 is 0 Å². The summed E-state index contributed by atoms with van der Waals surface area (Å²) < 4.78 is 0.461. The molecule has 0 atom stereocenters. The minimum atomic E-state index is 0.461. The van der Waals surface area contributed by atoms with E-state index in [1.54, 1.807) is 0 Å². The monoisotopic (exact) mass is 214 g/mol. The first-order chi connectivity index (χ1) is 6.58. The van der Waals surface area contributed by atoms with Gasteiger partial charge in [0.2, 0.25) is 0 Å². The van der Waals surface area contributed by atoms with E-state index in [-0.39, 0.29) is 0 Å². The maximum Gasteiger partial charge on any atom is 0.00751 e. The van der Waals surface area contributed by atoms with Crippen molar-refractivity contribution in [1.29, 1.82) is 0 Å². The Morgan fingerprint density at radius 1 is 0.929 bits per heavy atom. The third-order valence-corrected chi connectivity index (χ3v) is 4.48. The molecule has 14 heavy (non-hydrogen) atoms. The molecule has 0 N–H and O–H groups in total. The van der Waals surface area contributed by atoms with Gasteiger partial charge in [-0.15, -0.1) is 0 Å². The van der Waals surface area contributed by atoms with Gasteiger partial charge in [-0.3, -0.25) is 0 Å². The highest BCUT2D eigenvalue weighted by molar-refractivity contribution is 8.00. The van der Waals surface area contributed by atoms with Gasteiger partial charge in [0.15, 0.2) is 0 Å². The van der Waals surface area contributed by atoms with Gasteiger partial charge in [0.05, 0.1) is 0 Å². The molecule has 0 unspecified atom stereocenters. The van der Waals surface area contributed by atoms with Crippen LogP contribution in [-0.4, -0.2) is 10.5 Å². The number of hydrogen-bond donors (Lipinski definition) is 0. The lowest BCUT2D eigenvalue weighted by Gasteiger charge is -2.24. The molecule has 1 saturated carbocycles. The summed E-state index contributed by atoms with van der Waals surface area (Å²) in [7, 11) is 0. The van der Waals surface area contributed by atoms with E-state index in [0.29, 0.717) is 4.75 Å². The van der Waals surface area contributed by atoms with Crippen LogP contribution >= 0.6 is 11.8 Å². The third-order valence-electron chi connectivity index (χ3n) is 2.98. The molecule has 1 fully saturated rings. The molecule has 1 aliphatic carbocycles. The summed E-state index contributed by atoms with van der Waals surface area (Å²) in [5, 5.41) is 0. The van der Waals surface area contributed by atoms with Gasteiger partial charge in [0.1, 0.15) is 0 Å². The highest BCUT2D eigenvalue weighted by Gasteiger charge is 2.16. The number of thioether (sulfide) groups is 1. The van der Waals surface area contributed by atoms with Crippen molar-refractivity contribution in [3.8, 4) is 0 Å². The van der Waals surface area contributed by atoms with Gasteiger partial charge < -0.3 is 0 Å². The normalized spacial score (nSPS) is 21.6. The Labute approximate surface area is 94.2 Å². The van der Waals surface area contributed by atoms with E-state index in [9.17, 15) is 0 Å². The molecule has 1 rings (SSSR count). The summed E-state index contributed by atoms with van der Waals surface area (Å²) in [5.41, 5.74) is 0. The lowest BCUT2D eigenvalue weighted by molar-refractivity contribution is 0.408. The first-order valence-electron chi connectivity index (χ1n) is 6.22. The molecule has 0 heterocycles. The molecule has 0 bridgehead atoms. The van der Waals surface area contributed by atoms with E-state index in [2.05, 4.69) is 32.5 Å². The zero-order chi connectivity index (χ0) is 10.4. The first-order valence-corrected chi connectivity index (χ1v) is 7.20. The van der Waals surface area contributed by atoms with Gasteiger partial charge in [-0.2, -0.15) is 11.8 Å². The summed E-state index contributed by atoms with van der Waals surface area (Å²) in [6, 6.07) is 0. The van der Waals surface area contributed by atoms with Gasteiger partial charge >= 0.3 is 0 Å². The van der Waals surface area contributed by atoms with E-state index in [1.807, 2.05) is 0 Å². The molecule has 1 aliphatic rings. The summed E-state index contributed by atoms with van der Waals surface area (Å²) in [5.74, 6) is 2.41. The molecule has 0 aromatic carbocycles. The maximum absolute atomic E-state index is 2.33. The highest BCUT2D eigenvalue weighted by atomic mass is 32.2. The Bertz CT molecular complexity index is 138. The number of rotatable bonds is 2. The molecular weight excluding hydrogens is 188 g/mol. The van der Waals surface area contributed by atoms with Crippen molar-refractivity contribution in [3.05, 3.63) is 0 Å².